The normalized spacial score (nSPS) is 10.5. The molecule has 7 heteroatoms. The summed E-state index contributed by atoms with van der Waals surface area (Å²) in [7, 11) is 1.46. The SMILES string of the molecule is COc1ccc(-c2nc3ccccc3c(=O)[nH]2)cc1OCC(=O)O. The Kier molecular flexibility index (Phi) is 4.15. The number of nitrogens with one attached hydrogen (secondary N) is 1. The molecule has 0 saturated carbocycles. The van der Waals surface area contributed by atoms with Gasteiger partial charge >= 0.3 is 5.97 Å². The summed E-state index contributed by atoms with van der Waals surface area (Å²) in [5.74, 6) is -0.0856. The van der Waals surface area contributed by atoms with Gasteiger partial charge in [0.1, 0.15) is 5.82 Å². The number of hydrogen-bond acceptors (Lipinski definition) is 5. The van der Waals surface area contributed by atoms with Crippen LogP contribution in [0.15, 0.2) is 47.3 Å². The predicted molar refractivity (Wildman–Crippen MR) is 87.5 cm³/mol. The summed E-state index contributed by atoms with van der Waals surface area (Å²) in [6, 6.07) is 11.9. The lowest BCUT2D eigenvalue weighted by Crippen LogP contribution is -2.11. The molecule has 3 aromatic rings. The van der Waals surface area contributed by atoms with Gasteiger partial charge in [0.25, 0.3) is 5.56 Å². The van der Waals surface area contributed by atoms with E-state index in [9.17, 15) is 9.59 Å². The Bertz CT molecular complexity index is 965. The van der Waals surface area contributed by atoms with Crippen LogP contribution in [0.4, 0.5) is 0 Å². The van der Waals surface area contributed by atoms with E-state index in [4.69, 9.17) is 14.6 Å². The minimum Gasteiger partial charge on any atom is -0.493 e. The van der Waals surface area contributed by atoms with Crippen molar-refractivity contribution >= 4 is 16.9 Å². The van der Waals surface area contributed by atoms with E-state index in [0.717, 1.165) is 0 Å². The first kappa shape index (κ1) is 15.5. The van der Waals surface area contributed by atoms with Crippen molar-refractivity contribution in [2.45, 2.75) is 0 Å². The molecule has 0 radical (unpaired) electrons. The lowest BCUT2D eigenvalue weighted by Gasteiger charge is -2.11. The lowest BCUT2D eigenvalue weighted by atomic mass is 10.1. The van der Waals surface area contributed by atoms with Crippen LogP contribution in [0.3, 0.4) is 0 Å². The van der Waals surface area contributed by atoms with Crippen LogP contribution in [0, 0.1) is 0 Å². The molecule has 2 N–H and O–H groups in total. The van der Waals surface area contributed by atoms with Crippen molar-refractivity contribution in [2.75, 3.05) is 13.7 Å². The number of rotatable bonds is 5. The Morgan fingerprint density at radius 2 is 2.00 bits per heavy atom. The van der Waals surface area contributed by atoms with Crippen LogP contribution in [0.1, 0.15) is 0 Å². The quantitative estimate of drug-likeness (QED) is 0.744. The highest BCUT2D eigenvalue weighted by molar-refractivity contribution is 5.79. The molecule has 0 unspecified atom stereocenters. The maximum Gasteiger partial charge on any atom is 0.341 e. The molecule has 0 bridgehead atoms. The molecule has 0 saturated heterocycles. The minimum atomic E-state index is -1.10. The maximum absolute atomic E-state index is 12.2. The number of ether oxygens (including phenoxy) is 2. The number of hydrogen-bond donors (Lipinski definition) is 2. The van der Waals surface area contributed by atoms with Gasteiger partial charge in [-0.1, -0.05) is 12.1 Å². The van der Waals surface area contributed by atoms with Gasteiger partial charge in [0.15, 0.2) is 18.1 Å². The number of aliphatic carboxylic acids is 1. The van der Waals surface area contributed by atoms with Gasteiger partial charge in [0, 0.05) is 5.56 Å². The summed E-state index contributed by atoms with van der Waals surface area (Å²) in [5, 5.41) is 9.25. The Labute approximate surface area is 136 Å². The van der Waals surface area contributed by atoms with Crippen LogP contribution in [0.25, 0.3) is 22.3 Å². The van der Waals surface area contributed by atoms with E-state index in [2.05, 4.69) is 9.97 Å². The van der Waals surface area contributed by atoms with E-state index in [1.807, 2.05) is 0 Å². The zero-order valence-electron chi connectivity index (χ0n) is 12.8. The second kappa shape index (κ2) is 6.41. The van der Waals surface area contributed by atoms with Crippen LogP contribution < -0.4 is 15.0 Å². The van der Waals surface area contributed by atoms with E-state index in [1.165, 1.54) is 7.11 Å². The van der Waals surface area contributed by atoms with Crippen LogP contribution in [-0.2, 0) is 4.79 Å². The molecule has 0 aliphatic rings. The summed E-state index contributed by atoms with van der Waals surface area (Å²) < 4.78 is 10.4. The highest BCUT2D eigenvalue weighted by Crippen LogP contribution is 2.31. The van der Waals surface area contributed by atoms with Crippen molar-refractivity contribution in [2.24, 2.45) is 0 Å². The summed E-state index contributed by atoms with van der Waals surface area (Å²) in [4.78, 5) is 30.0. The topological polar surface area (TPSA) is 102 Å². The highest BCUT2D eigenvalue weighted by atomic mass is 16.5. The largest absolute Gasteiger partial charge is 0.493 e. The third-order valence-electron chi connectivity index (χ3n) is 3.40. The van der Waals surface area contributed by atoms with Crippen LogP contribution in [0.2, 0.25) is 0 Å². The zero-order chi connectivity index (χ0) is 17.1. The third-order valence-corrected chi connectivity index (χ3v) is 3.40. The van der Waals surface area contributed by atoms with Gasteiger partial charge in [-0.2, -0.15) is 0 Å². The maximum atomic E-state index is 12.2. The first-order valence-electron chi connectivity index (χ1n) is 7.10. The molecule has 0 aliphatic carbocycles. The van der Waals surface area contributed by atoms with Crippen LogP contribution >= 0.6 is 0 Å². The van der Waals surface area contributed by atoms with E-state index >= 15 is 0 Å². The van der Waals surface area contributed by atoms with Gasteiger partial charge in [-0.25, -0.2) is 9.78 Å². The first-order valence-corrected chi connectivity index (χ1v) is 7.10. The van der Waals surface area contributed by atoms with Gasteiger partial charge in [0.05, 0.1) is 18.0 Å². The summed E-state index contributed by atoms with van der Waals surface area (Å²) in [6.07, 6.45) is 0. The van der Waals surface area contributed by atoms with Crippen molar-refractivity contribution in [1.29, 1.82) is 0 Å². The van der Waals surface area contributed by atoms with Crippen molar-refractivity contribution in [3.8, 4) is 22.9 Å². The average Bonchev–Trinajstić information content (AvgIpc) is 2.59. The number of nitrogens with zero attached hydrogens (tertiary/aromatic N) is 1. The van der Waals surface area contributed by atoms with Gasteiger partial charge in [-0.3, -0.25) is 4.79 Å². The fourth-order valence-corrected chi connectivity index (χ4v) is 2.30. The average molecular weight is 326 g/mol. The molecule has 7 nitrogen and oxygen atoms in total. The van der Waals surface area contributed by atoms with E-state index in [0.29, 0.717) is 28.0 Å². The fourth-order valence-electron chi connectivity index (χ4n) is 2.30. The molecule has 0 atom stereocenters. The number of carboxylic acids is 1. The Morgan fingerprint density at radius 1 is 1.21 bits per heavy atom. The molecule has 0 fully saturated rings. The number of carbonyl (C=O) groups is 1. The number of carboxylic acid groups (broad SMARTS) is 1. The minimum absolute atomic E-state index is 0.251. The number of fused-ring (bicyclic) bond motifs is 1. The standard InChI is InChI=1S/C17H14N2O5/c1-23-13-7-6-10(8-14(13)24-9-15(20)21)16-18-12-5-3-2-4-11(12)17(22)19-16/h2-8H,9H2,1H3,(H,20,21)(H,18,19,22). The summed E-state index contributed by atoms with van der Waals surface area (Å²) in [6.45, 7) is -0.499. The molecular formula is C17H14N2O5. The molecule has 3 rings (SSSR count). The van der Waals surface area contributed by atoms with Gasteiger partial charge in [-0.05, 0) is 30.3 Å². The number of para-hydroxylation sites is 1. The van der Waals surface area contributed by atoms with E-state index in [-0.39, 0.29) is 11.3 Å². The molecule has 24 heavy (non-hydrogen) atoms. The number of methoxy groups -OCH3 is 1. The Morgan fingerprint density at radius 3 is 2.75 bits per heavy atom. The van der Waals surface area contributed by atoms with E-state index in [1.54, 1.807) is 42.5 Å². The first-order chi connectivity index (χ1) is 11.6. The highest BCUT2D eigenvalue weighted by Gasteiger charge is 2.11. The van der Waals surface area contributed by atoms with Gasteiger partial charge < -0.3 is 19.6 Å². The molecule has 2 aromatic carbocycles. The summed E-state index contributed by atoms with van der Waals surface area (Å²) in [5.41, 5.74) is 0.901. The molecule has 0 aliphatic heterocycles. The van der Waals surface area contributed by atoms with Gasteiger partial charge in [0.2, 0.25) is 0 Å². The van der Waals surface area contributed by atoms with Crippen molar-refractivity contribution in [3.63, 3.8) is 0 Å². The van der Waals surface area contributed by atoms with Crippen molar-refractivity contribution in [3.05, 3.63) is 52.8 Å². The predicted octanol–water partition coefficient (Wildman–Crippen LogP) is 2.06. The second-order valence-corrected chi connectivity index (χ2v) is 4.98. The Balaban J connectivity index is 2.07. The number of aromatic amines is 1. The monoisotopic (exact) mass is 326 g/mol. The molecule has 0 spiro atoms. The molecule has 1 heterocycles. The molecule has 122 valence electrons. The Hall–Kier alpha value is -3.35. The number of benzene rings is 2. The molecule has 0 amide bonds. The number of H-pyrrole nitrogens is 1. The lowest BCUT2D eigenvalue weighted by molar-refractivity contribution is -0.139. The number of aromatic nitrogens is 2. The fraction of sp³-hybridized carbons (Fsp3) is 0.118. The van der Waals surface area contributed by atoms with Crippen molar-refractivity contribution < 1.29 is 19.4 Å². The van der Waals surface area contributed by atoms with Crippen LogP contribution in [0.5, 0.6) is 11.5 Å². The summed E-state index contributed by atoms with van der Waals surface area (Å²) >= 11 is 0. The van der Waals surface area contributed by atoms with Gasteiger partial charge in [-0.15, -0.1) is 0 Å². The second-order valence-electron chi connectivity index (χ2n) is 4.98. The van der Waals surface area contributed by atoms with Crippen molar-refractivity contribution in [1.82, 2.24) is 9.97 Å². The smallest absolute Gasteiger partial charge is 0.341 e. The molecule has 1 aromatic heterocycles. The third kappa shape index (κ3) is 3.05. The molecular weight excluding hydrogens is 312 g/mol. The zero-order valence-corrected chi connectivity index (χ0v) is 12.8. The van der Waals surface area contributed by atoms with Crippen LogP contribution in [-0.4, -0.2) is 34.8 Å². The van der Waals surface area contributed by atoms with E-state index < -0.39 is 12.6 Å².